The molecule has 0 saturated carbocycles. The number of benzene rings is 1. The Morgan fingerprint density at radius 1 is 1.31 bits per heavy atom. The van der Waals surface area contributed by atoms with Crippen LogP contribution in [0.4, 0.5) is 8.78 Å². The van der Waals surface area contributed by atoms with E-state index < -0.39 is 17.7 Å². The summed E-state index contributed by atoms with van der Waals surface area (Å²) in [6.45, 7) is 0. The maximum Gasteiger partial charge on any atom is 0.131 e. The number of aromatic amines is 1. The van der Waals surface area contributed by atoms with Crippen LogP contribution in [-0.2, 0) is 0 Å². The van der Waals surface area contributed by atoms with Gasteiger partial charge in [0, 0.05) is 18.0 Å². The summed E-state index contributed by atoms with van der Waals surface area (Å²) in [6.07, 6.45) is 3.15. The average molecular weight is 223 g/mol. The van der Waals surface area contributed by atoms with Gasteiger partial charge in [-0.05, 0) is 19.2 Å². The van der Waals surface area contributed by atoms with Gasteiger partial charge in [-0.2, -0.15) is 0 Å². The first-order valence-corrected chi connectivity index (χ1v) is 4.84. The van der Waals surface area contributed by atoms with E-state index in [-0.39, 0.29) is 5.56 Å². The van der Waals surface area contributed by atoms with Gasteiger partial charge >= 0.3 is 0 Å². The van der Waals surface area contributed by atoms with Crippen LogP contribution in [0.1, 0.15) is 17.4 Å². The monoisotopic (exact) mass is 223 g/mol. The first kappa shape index (κ1) is 10.8. The molecule has 84 valence electrons. The number of nitrogens with zero attached hydrogens (tertiary/aromatic N) is 1. The molecule has 2 N–H and O–H groups in total. The highest BCUT2D eigenvalue weighted by molar-refractivity contribution is 5.28. The fourth-order valence-corrected chi connectivity index (χ4v) is 1.64. The summed E-state index contributed by atoms with van der Waals surface area (Å²) in [5.74, 6) is -0.696. The third-order valence-corrected chi connectivity index (χ3v) is 2.37. The fraction of sp³-hybridized carbons (Fsp3) is 0.182. The number of H-pyrrole nitrogens is 1. The van der Waals surface area contributed by atoms with E-state index in [1.165, 1.54) is 18.2 Å². The molecule has 2 rings (SSSR count). The standard InChI is InChI=1S/C11H11F2N3/c1-14-10(11-15-5-6-16-11)9-7(12)3-2-4-8(9)13/h2-6,10,14H,1H3,(H,15,16). The fourth-order valence-electron chi connectivity index (χ4n) is 1.64. The lowest BCUT2D eigenvalue weighted by molar-refractivity contribution is 0.514. The highest BCUT2D eigenvalue weighted by Gasteiger charge is 2.21. The Balaban J connectivity index is 2.49. The zero-order valence-corrected chi connectivity index (χ0v) is 8.67. The molecular formula is C11H11F2N3. The van der Waals surface area contributed by atoms with Crippen molar-refractivity contribution < 1.29 is 8.78 Å². The van der Waals surface area contributed by atoms with E-state index in [0.29, 0.717) is 5.82 Å². The number of aromatic nitrogens is 2. The summed E-state index contributed by atoms with van der Waals surface area (Å²) in [7, 11) is 1.62. The van der Waals surface area contributed by atoms with Gasteiger partial charge in [-0.25, -0.2) is 13.8 Å². The number of halogens is 2. The first-order valence-electron chi connectivity index (χ1n) is 4.84. The second-order valence-corrected chi connectivity index (χ2v) is 3.33. The average Bonchev–Trinajstić information content (AvgIpc) is 2.77. The molecule has 1 heterocycles. The van der Waals surface area contributed by atoms with Crippen LogP contribution in [-0.4, -0.2) is 17.0 Å². The molecule has 2 aromatic rings. The van der Waals surface area contributed by atoms with Crippen LogP contribution in [0.25, 0.3) is 0 Å². The Kier molecular flexibility index (Phi) is 2.96. The van der Waals surface area contributed by atoms with Crippen molar-refractivity contribution in [2.75, 3.05) is 7.05 Å². The quantitative estimate of drug-likeness (QED) is 0.835. The molecule has 0 spiro atoms. The molecule has 0 radical (unpaired) electrons. The molecule has 3 nitrogen and oxygen atoms in total. The third-order valence-electron chi connectivity index (χ3n) is 2.37. The van der Waals surface area contributed by atoms with Crippen LogP contribution in [0.5, 0.6) is 0 Å². The predicted octanol–water partition coefficient (Wildman–Crippen LogP) is 2.00. The summed E-state index contributed by atoms with van der Waals surface area (Å²) in [5.41, 5.74) is -0.0278. The molecule has 1 unspecified atom stereocenters. The van der Waals surface area contributed by atoms with Gasteiger partial charge < -0.3 is 10.3 Å². The second-order valence-electron chi connectivity index (χ2n) is 3.33. The largest absolute Gasteiger partial charge is 0.347 e. The summed E-state index contributed by atoms with van der Waals surface area (Å²) < 4.78 is 27.1. The molecular weight excluding hydrogens is 212 g/mol. The summed E-state index contributed by atoms with van der Waals surface area (Å²) in [6, 6.07) is 3.18. The minimum absolute atomic E-state index is 0.0278. The number of imidazole rings is 1. The zero-order valence-electron chi connectivity index (χ0n) is 8.67. The normalized spacial score (nSPS) is 12.7. The summed E-state index contributed by atoms with van der Waals surface area (Å²) >= 11 is 0. The second kappa shape index (κ2) is 4.40. The van der Waals surface area contributed by atoms with E-state index in [4.69, 9.17) is 0 Å². The van der Waals surface area contributed by atoms with E-state index in [0.717, 1.165) is 0 Å². The van der Waals surface area contributed by atoms with Gasteiger partial charge in [0.2, 0.25) is 0 Å². The van der Waals surface area contributed by atoms with Gasteiger partial charge in [-0.3, -0.25) is 0 Å². The minimum Gasteiger partial charge on any atom is -0.347 e. The Hall–Kier alpha value is -1.75. The molecule has 0 saturated heterocycles. The van der Waals surface area contributed by atoms with Crippen LogP contribution >= 0.6 is 0 Å². The molecule has 0 bridgehead atoms. The minimum atomic E-state index is -0.615. The van der Waals surface area contributed by atoms with E-state index >= 15 is 0 Å². The maximum atomic E-state index is 13.6. The van der Waals surface area contributed by atoms with Gasteiger partial charge in [0.1, 0.15) is 17.5 Å². The van der Waals surface area contributed by atoms with Crippen molar-refractivity contribution in [3.05, 3.63) is 53.6 Å². The Bertz CT molecular complexity index is 448. The molecule has 0 aliphatic rings. The lowest BCUT2D eigenvalue weighted by Crippen LogP contribution is -2.21. The van der Waals surface area contributed by atoms with E-state index in [2.05, 4.69) is 15.3 Å². The van der Waals surface area contributed by atoms with Crippen molar-refractivity contribution in [3.63, 3.8) is 0 Å². The highest BCUT2D eigenvalue weighted by Crippen LogP contribution is 2.24. The number of rotatable bonds is 3. The van der Waals surface area contributed by atoms with Crippen LogP contribution in [0.2, 0.25) is 0 Å². The third kappa shape index (κ3) is 1.81. The maximum absolute atomic E-state index is 13.6. The highest BCUT2D eigenvalue weighted by atomic mass is 19.1. The molecule has 0 fully saturated rings. The van der Waals surface area contributed by atoms with E-state index in [1.807, 2.05) is 0 Å². The van der Waals surface area contributed by atoms with E-state index in [9.17, 15) is 8.78 Å². The lowest BCUT2D eigenvalue weighted by Gasteiger charge is -2.15. The smallest absolute Gasteiger partial charge is 0.131 e. The van der Waals surface area contributed by atoms with Crippen LogP contribution in [0, 0.1) is 11.6 Å². The van der Waals surface area contributed by atoms with Crippen LogP contribution in [0.15, 0.2) is 30.6 Å². The van der Waals surface area contributed by atoms with Gasteiger partial charge in [0.15, 0.2) is 0 Å². The van der Waals surface area contributed by atoms with Crippen molar-refractivity contribution in [1.29, 1.82) is 0 Å². The molecule has 16 heavy (non-hydrogen) atoms. The summed E-state index contributed by atoms with van der Waals surface area (Å²) in [5, 5.41) is 2.83. The van der Waals surface area contributed by atoms with Crippen molar-refractivity contribution in [3.8, 4) is 0 Å². The van der Waals surface area contributed by atoms with Gasteiger partial charge in [0.05, 0.1) is 6.04 Å². The van der Waals surface area contributed by atoms with Gasteiger partial charge in [0.25, 0.3) is 0 Å². The molecule has 0 aliphatic heterocycles. The number of hydrogen-bond donors (Lipinski definition) is 2. The van der Waals surface area contributed by atoms with Gasteiger partial charge in [-0.15, -0.1) is 0 Å². The Morgan fingerprint density at radius 3 is 2.50 bits per heavy atom. The Morgan fingerprint density at radius 2 is 2.00 bits per heavy atom. The molecule has 0 amide bonds. The predicted molar refractivity (Wildman–Crippen MR) is 55.8 cm³/mol. The SMILES string of the molecule is CNC(c1ncc[nH]1)c1c(F)cccc1F. The van der Waals surface area contributed by atoms with Crippen LogP contribution < -0.4 is 5.32 Å². The molecule has 1 atom stereocenters. The topological polar surface area (TPSA) is 40.7 Å². The van der Waals surface area contributed by atoms with Crippen molar-refractivity contribution >= 4 is 0 Å². The molecule has 1 aromatic heterocycles. The lowest BCUT2D eigenvalue weighted by atomic mass is 10.1. The Labute approximate surface area is 91.5 Å². The van der Waals surface area contributed by atoms with Crippen LogP contribution in [0.3, 0.4) is 0 Å². The summed E-state index contributed by atoms with van der Waals surface area (Å²) in [4.78, 5) is 6.83. The zero-order chi connectivity index (χ0) is 11.5. The van der Waals surface area contributed by atoms with Crippen molar-refractivity contribution in [2.45, 2.75) is 6.04 Å². The molecule has 5 heteroatoms. The van der Waals surface area contributed by atoms with Crippen molar-refractivity contribution in [2.24, 2.45) is 0 Å². The first-order chi connectivity index (χ1) is 7.74. The molecule has 1 aromatic carbocycles. The number of hydrogen-bond acceptors (Lipinski definition) is 2. The van der Waals surface area contributed by atoms with E-state index in [1.54, 1.807) is 19.4 Å². The number of nitrogens with one attached hydrogen (secondary N) is 2. The van der Waals surface area contributed by atoms with Crippen molar-refractivity contribution in [1.82, 2.24) is 15.3 Å². The van der Waals surface area contributed by atoms with Gasteiger partial charge in [-0.1, -0.05) is 6.07 Å². The molecule has 0 aliphatic carbocycles.